The molecule has 0 saturated carbocycles. The maximum atomic E-state index is 4.65. The first-order valence-corrected chi connectivity index (χ1v) is 9.47. The summed E-state index contributed by atoms with van der Waals surface area (Å²) in [5.41, 5.74) is 2.88. The molecule has 0 bridgehead atoms. The monoisotopic (exact) mass is 371 g/mol. The number of hydrogen-bond acceptors (Lipinski definition) is 6. The second kappa shape index (κ2) is 6.92. The number of benzene rings is 1. The third-order valence-corrected chi connectivity index (χ3v) is 5.12. The molecule has 0 radical (unpaired) electrons. The maximum absolute atomic E-state index is 4.65. The Bertz CT molecular complexity index is 1100. The number of para-hydroxylation sites is 1. The third-order valence-electron chi connectivity index (χ3n) is 5.12. The highest BCUT2D eigenvalue weighted by atomic mass is 15.3. The molecule has 5 rings (SSSR count). The standard InChI is InChI=1S/C21H21N7/c1-16-6-5-9-19(25-16)26-10-12-27(13-11-26)20-18-14-24-28(21(18)23-15-22-20)17-7-3-2-4-8-17/h2-9,14-15H,10-13H2,1H3. The summed E-state index contributed by atoms with van der Waals surface area (Å²) in [6.07, 6.45) is 3.50. The zero-order valence-electron chi connectivity index (χ0n) is 15.7. The molecule has 0 aliphatic carbocycles. The lowest BCUT2D eigenvalue weighted by molar-refractivity contribution is 0.642. The minimum absolute atomic E-state index is 0.832. The van der Waals surface area contributed by atoms with E-state index in [2.05, 4.69) is 42.0 Å². The molecular weight excluding hydrogens is 350 g/mol. The quantitative estimate of drug-likeness (QED) is 0.552. The number of rotatable bonds is 3. The molecule has 3 aromatic heterocycles. The lowest BCUT2D eigenvalue weighted by atomic mass is 10.2. The fraction of sp³-hybridized carbons (Fsp3) is 0.238. The van der Waals surface area contributed by atoms with Crippen LogP contribution in [0.15, 0.2) is 61.1 Å². The molecule has 28 heavy (non-hydrogen) atoms. The van der Waals surface area contributed by atoms with Crippen molar-refractivity contribution in [2.24, 2.45) is 0 Å². The van der Waals surface area contributed by atoms with Gasteiger partial charge in [0, 0.05) is 31.9 Å². The molecule has 1 aliphatic rings. The lowest BCUT2D eigenvalue weighted by Gasteiger charge is -2.36. The number of fused-ring (bicyclic) bond motifs is 1. The van der Waals surface area contributed by atoms with Crippen LogP contribution in [0.5, 0.6) is 0 Å². The smallest absolute Gasteiger partial charge is 0.168 e. The molecule has 1 fully saturated rings. The Balaban J connectivity index is 1.41. The highest BCUT2D eigenvalue weighted by molar-refractivity contribution is 5.87. The van der Waals surface area contributed by atoms with E-state index >= 15 is 0 Å². The zero-order chi connectivity index (χ0) is 18.9. The van der Waals surface area contributed by atoms with Gasteiger partial charge in [0.05, 0.1) is 17.3 Å². The van der Waals surface area contributed by atoms with Gasteiger partial charge in [0.15, 0.2) is 5.65 Å². The van der Waals surface area contributed by atoms with Crippen LogP contribution in [0, 0.1) is 6.92 Å². The zero-order valence-corrected chi connectivity index (χ0v) is 15.7. The second-order valence-electron chi connectivity index (χ2n) is 6.94. The molecule has 0 atom stereocenters. The number of nitrogens with zero attached hydrogens (tertiary/aromatic N) is 7. The minimum Gasteiger partial charge on any atom is -0.353 e. The van der Waals surface area contributed by atoms with Gasteiger partial charge in [-0.2, -0.15) is 5.10 Å². The fourth-order valence-electron chi connectivity index (χ4n) is 3.69. The van der Waals surface area contributed by atoms with E-state index in [1.807, 2.05) is 54.2 Å². The molecule has 1 saturated heterocycles. The van der Waals surface area contributed by atoms with Gasteiger partial charge in [-0.3, -0.25) is 0 Å². The summed E-state index contributed by atoms with van der Waals surface area (Å²) >= 11 is 0. The van der Waals surface area contributed by atoms with Crippen LogP contribution >= 0.6 is 0 Å². The summed E-state index contributed by atoms with van der Waals surface area (Å²) in [5, 5.41) is 5.54. The van der Waals surface area contributed by atoms with E-state index in [1.165, 1.54) is 0 Å². The Kier molecular flexibility index (Phi) is 4.12. The van der Waals surface area contributed by atoms with Crippen LogP contribution in [0.4, 0.5) is 11.6 Å². The molecule has 7 heteroatoms. The second-order valence-corrected chi connectivity index (χ2v) is 6.94. The van der Waals surface area contributed by atoms with Crippen molar-refractivity contribution in [1.29, 1.82) is 0 Å². The number of pyridine rings is 1. The van der Waals surface area contributed by atoms with Crippen LogP contribution in [0.25, 0.3) is 16.7 Å². The van der Waals surface area contributed by atoms with E-state index in [4.69, 9.17) is 0 Å². The Morgan fingerprint density at radius 1 is 0.821 bits per heavy atom. The van der Waals surface area contributed by atoms with Gasteiger partial charge in [0.1, 0.15) is 18.0 Å². The van der Waals surface area contributed by atoms with Gasteiger partial charge >= 0.3 is 0 Å². The lowest BCUT2D eigenvalue weighted by Crippen LogP contribution is -2.47. The van der Waals surface area contributed by atoms with E-state index in [9.17, 15) is 0 Å². The number of hydrogen-bond donors (Lipinski definition) is 0. The molecule has 4 aromatic rings. The number of piperazine rings is 1. The highest BCUT2D eigenvalue weighted by Gasteiger charge is 2.22. The van der Waals surface area contributed by atoms with Gasteiger partial charge < -0.3 is 9.80 Å². The van der Waals surface area contributed by atoms with Crippen LogP contribution in [0.3, 0.4) is 0 Å². The van der Waals surface area contributed by atoms with Crippen LogP contribution < -0.4 is 9.80 Å². The van der Waals surface area contributed by atoms with E-state index in [0.29, 0.717) is 0 Å². The first kappa shape index (κ1) is 16.7. The average molecular weight is 371 g/mol. The molecule has 7 nitrogen and oxygen atoms in total. The van der Waals surface area contributed by atoms with E-state index in [1.54, 1.807) is 6.33 Å². The summed E-state index contributed by atoms with van der Waals surface area (Å²) in [6.45, 7) is 5.63. The fourth-order valence-corrected chi connectivity index (χ4v) is 3.69. The van der Waals surface area contributed by atoms with Crippen molar-refractivity contribution in [3.05, 3.63) is 66.7 Å². The van der Waals surface area contributed by atoms with Crippen molar-refractivity contribution in [2.45, 2.75) is 6.92 Å². The van der Waals surface area contributed by atoms with Crippen LogP contribution in [-0.4, -0.2) is 50.9 Å². The molecule has 0 unspecified atom stereocenters. The van der Waals surface area contributed by atoms with Crippen LogP contribution in [0.1, 0.15) is 5.69 Å². The van der Waals surface area contributed by atoms with Gasteiger partial charge in [-0.05, 0) is 31.2 Å². The molecule has 0 N–H and O–H groups in total. The summed E-state index contributed by atoms with van der Waals surface area (Å²) in [7, 11) is 0. The van der Waals surface area contributed by atoms with Gasteiger partial charge in [-0.1, -0.05) is 24.3 Å². The van der Waals surface area contributed by atoms with Crippen molar-refractivity contribution in [3.63, 3.8) is 0 Å². The SMILES string of the molecule is Cc1cccc(N2CCN(c3ncnc4c3cnn4-c3ccccc3)CC2)n1. The van der Waals surface area contributed by atoms with Crippen molar-refractivity contribution < 1.29 is 0 Å². The third kappa shape index (κ3) is 2.94. The number of anilines is 2. The Morgan fingerprint density at radius 3 is 2.39 bits per heavy atom. The molecule has 0 amide bonds. The van der Waals surface area contributed by atoms with E-state index in [-0.39, 0.29) is 0 Å². The van der Waals surface area contributed by atoms with Gasteiger partial charge in [-0.15, -0.1) is 0 Å². The van der Waals surface area contributed by atoms with E-state index < -0.39 is 0 Å². The van der Waals surface area contributed by atoms with Gasteiger partial charge in [-0.25, -0.2) is 19.6 Å². The minimum atomic E-state index is 0.832. The average Bonchev–Trinajstić information content (AvgIpc) is 3.19. The highest BCUT2D eigenvalue weighted by Crippen LogP contribution is 2.26. The summed E-state index contributed by atoms with van der Waals surface area (Å²) in [5.74, 6) is 1.99. The molecule has 4 heterocycles. The number of aromatic nitrogens is 5. The van der Waals surface area contributed by atoms with Crippen LogP contribution in [-0.2, 0) is 0 Å². The summed E-state index contributed by atoms with van der Waals surface area (Å²) in [4.78, 5) is 18.4. The molecule has 1 aliphatic heterocycles. The molecule has 140 valence electrons. The van der Waals surface area contributed by atoms with Gasteiger partial charge in [0.2, 0.25) is 0 Å². The Hall–Kier alpha value is -3.48. The predicted molar refractivity (Wildman–Crippen MR) is 110 cm³/mol. The Labute approximate surface area is 163 Å². The Morgan fingerprint density at radius 2 is 1.61 bits per heavy atom. The van der Waals surface area contributed by atoms with Gasteiger partial charge in [0.25, 0.3) is 0 Å². The van der Waals surface area contributed by atoms with E-state index in [0.717, 1.165) is 60.2 Å². The topological polar surface area (TPSA) is 63.0 Å². The molecule has 0 spiro atoms. The van der Waals surface area contributed by atoms with Crippen LogP contribution in [0.2, 0.25) is 0 Å². The summed E-state index contributed by atoms with van der Waals surface area (Å²) in [6, 6.07) is 16.2. The molecular formula is C21H21N7. The normalized spacial score (nSPS) is 14.6. The first-order valence-electron chi connectivity index (χ1n) is 9.47. The molecule has 1 aromatic carbocycles. The summed E-state index contributed by atoms with van der Waals surface area (Å²) < 4.78 is 1.87. The maximum Gasteiger partial charge on any atom is 0.168 e. The van der Waals surface area contributed by atoms with Crippen molar-refractivity contribution in [1.82, 2.24) is 24.7 Å². The first-order chi connectivity index (χ1) is 13.8. The predicted octanol–water partition coefficient (Wildman–Crippen LogP) is 2.85. The van der Waals surface area contributed by atoms with Crippen molar-refractivity contribution in [2.75, 3.05) is 36.0 Å². The number of aryl methyl sites for hydroxylation is 1. The van der Waals surface area contributed by atoms with Crippen molar-refractivity contribution in [3.8, 4) is 5.69 Å². The van der Waals surface area contributed by atoms with Crippen molar-refractivity contribution >= 4 is 22.7 Å². The largest absolute Gasteiger partial charge is 0.353 e.